The maximum absolute atomic E-state index is 15.6. The topological polar surface area (TPSA) is 90.0 Å². The van der Waals surface area contributed by atoms with Crippen molar-refractivity contribution in [2.75, 3.05) is 13.7 Å². The highest BCUT2D eigenvalue weighted by atomic mass is 31.2. The lowest BCUT2D eigenvalue weighted by atomic mass is 10.0. The second-order valence-electron chi connectivity index (χ2n) is 9.80. The molecule has 208 valence electrons. The third-order valence-electron chi connectivity index (χ3n) is 7.36. The van der Waals surface area contributed by atoms with Gasteiger partial charge in [-0.15, -0.1) is 0 Å². The predicted octanol–water partition coefficient (Wildman–Crippen LogP) is 5.37. The largest absolute Gasteiger partial charge is 0.497 e. The monoisotopic (exact) mass is 567 g/mol. The van der Waals surface area contributed by atoms with E-state index in [1.807, 2.05) is 60.7 Å². The van der Waals surface area contributed by atoms with E-state index in [1.165, 1.54) is 11.8 Å². The minimum atomic E-state index is -3.56. The summed E-state index contributed by atoms with van der Waals surface area (Å²) in [6.07, 6.45) is -0.823. The number of amides is 2. The molecule has 0 radical (unpaired) electrons. The van der Waals surface area contributed by atoms with E-state index in [9.17, 15) is 14.4 Å². The molecule has 1 aliphatic heterocycles. The molecule has 2 amide bonds. The van der Waals surface area contributed by atoms with Crippen molar-refractivity contribution in [2.45, 2.75) is 25.1 Å². The van der Waals surface area contributed by atoms with Gasteiger partial charge in [0, 0.05) is 24.1 Å². The number of esters is 1. The first kappa shape index (κ1) is 28.1. The van der Waals surface area contributed by atoms with Gasteiger partial charge in [-0.3, -0.25) is 19.3 Å². The molecule has 7 nitrogen and oxygen atoms in total. The molecule has 4 aromatic rings. The maximum atomic E-state index is 15.6. The first-order valence-electron chi connectivity index (χ1n) is 13.3. The van der Waals surface area contributed by atoms with Crippen LogP contribution in [-0.2, 0) is 14.1 Å². The average Bonchev–Trinajstić information content (AvgIpc) is 3.26. The van der Waals surface area contributed by atoms with Crippen molar-refractivity contribution in [1.82, 2.24) is 4.90 Å². The molecular formula is C33H30NO6P. The van der Waals surface area contributed by atoms with Crippen LogP contribution in [0.25, 0.3) is 0 Å². The number of carbonyl (C=O) groups is 3. The van der Waals surface area contributed by atoms with E-state index in [0.717, 1.165) is 0 Å². The van der Waals surface area contributed by atoms with Crippen molar-refractivity contribution in [1.29, 1.82) is 0 Å². The van der Waals surface area contributed by atoms with E-state index in [1.54, 1.807) is 55.6 Å². The number of benzene rings is 4. The lowest BCUT2D eigenvalue weighted by molar-refractivity contribution is -0.146. The molecule has 0 aliphatic carbocycles. The molecule has 5 rings (SSSR count). The molecule has 8 heteroatoms. The highest BCUT2D eigenvalue weighted by molar-refractivity contribution is 7.79. The van der Waals surface area contributed by atoms with Crippen molar-refractivity contribution in [3.05, 3.63) is 126 Å². The first-order valence-corrected chi connectivity index (χ1v) is 15.1. The number of carbonyl (C=O) groups excluding carboxylic acids is 3. The van der Waals surface area contributed by atoms with Gasteiger partial charge in [-0.2, -0.15) is 0 Å². The number of rotatable bonds is 10. The van der Waals surface area contributed by atoms with Crippen LogP contribution >= 0.6 is 7.14 Å². The molecule has 0 bridgehead atoms. The van der Waals surface area contributed by atoms with Crippen LogP contribution in [-0.4, -0.2) is 42.0 Å². The molecule has 1 heterocycles. The van der Waals surface area contributed by atoms with E-state index >= 15 is 4.57 Å². The van der Waals surface area contributed by atoms with E-state index in [2.05, 4.69) is 0 Å². The smallest absolute Gasteiger partial charge is 0.303 e. The van der Waals surface area contributed by atoms with E-state index in [-0.39, 0.29) is 13.0 Å². The minimum absolute atomic E-state index is 0.00537. The van der Waals surface area contributed by atoms with Crippen molar-refractivity contribution < 1.29 is 28.4 Å². The van der Waals surface area contributed by atoms with Gasteiger partial charge in [0.25, 0.3) is 11.8 Å². The van der Waals surface area contributed by atoms with E-state index in [0.29, 0.717) is 33.0 Å². The number of hydrogen-bond acceptors (Lipinski definition) is 6. The Bertz CT molecular complexity index is 1530. The summed E-state index contributed by atoms with van der Waals surface area (Å²) in [5.74, 6) is -0.712. The molecule has 41 heavy (non-hydrogen) atoms. The fourth-order valence-corrected chi connectivity index (χ4v) is 8.79. The zero-order valence-corrected chi connectivity index (χ0v) is 23.7. The Morgan fingerprint density at radius 1 is 0.756 bits per heavy atom. The molecule has 0 aromatic heterocycles. The SMILES string of the molecule is COc1ccc([C@H](OC(C)=O)[C@@H](CCN2C(=O)c3ccccc3C2=O)P(=O)(c2ccccc2)c2ccccc2)cc1. The van der Waals surface area contributed by atoms with Gasteiger partial charge < -0.3 is 14.0 Å². The zero-order chi connectivity index (χ0) is 29.0. The van der Waals surface area contributed by atoms with Crippen LogP contribution in [0.15, 0.2) is 109 Å². The quantitative estimate of drug-likeness (QED) is 0.145. The summed E-state index contributed by atoms with van der Waals surface area (Å²) in [7, 11) is -2.00. The zero-order valence-electron chi connectivity index (χ0n) is 22.8. The molecule has 0 fully saturated rings. The van der Waals surface area contributed by atoms with Crippen LogP contribution in [0, 0.1) is 0 Å². The van der Waals surface area contributed by atoms with Crippen LogP contribution in [0.1, 0.15) is 45.7 Å². The Kier molecular flexibility index (Phi) is 8.18. The van der Waals surface area contributed by atoms with Gasteiger partial charge in [-0.05, 0) is 36.2 Å². The lowest BCUT2D eigenvalue weighted by Crippen LogP contribution is -2.37. The number of ether oxygens (including phenoxy) is 2. The van der Waals surface area contributed by atoms with Gasteiger partial charge >= 0.3 is 5.97 Å². The van der Waals surface area contributed by atoms with Crippen LogP contribution in [0.5, 0.6) is 5.75 Å². The molecule has 1 aliphatic rings. The lowest BCUT2D eigenvalue weighted by Gasteiger charge is -2.35. The van der Waals surface area contributed by atoms with Crippen molar-refractivity contribution >= 4 is 35.5 Å². The van der Waals surface area contributed by atoms with Crippen molar-refractivity contribution in [3.63, 3.8) is 0 Å². The molecular weight excluding hydrogens is 537 g/mol. The summed E-state index contributed by atoms with van der Waals surface area (Å²) in [6.45, 7) is 1.31. The summed E-state index contributed by atoms with van der Waals surface area (Å²) in [6, 6.07) is 32.0. The Labute approximate surface area is 239 Å². The van der Waals surface area contributed by atoms with Gasteiger partial charge in [0.05, 0.1) is 23.9 Å². The van der Waals surface area contributed by atoms with Gasteiger partial charge in [-0.1, -0.05) is 84.9 Å². The Morgan fingerprint density at radius 3 is 1.71 bits per heavy atom. The van der Waals surface area contributed by atoms with E-state index < -0.39 is 36.7 Å². The summed E-state index contributed by atoms with van der Waals surface area (Å²) in [5.41, 5.74) is 0.499. The molecule has 2 atom stereocenters. The number of methoxy groups -OCH3 is 1. The Balaban J connectivity index is 1.64. The van der Waals surface area contributed by atoms with Crippen molar-refractivity contribution in [3.8, 4) is 5.75 Å². The Hall–Kier alpha value is -4.48. The first-order chi connectivity index (χ1) is 19.8. The predicted molar refractivity (Wildman–Crippen MR) is 157 cm³/mol. The summed E-state index contributed by atoms with van der Waals surface area (Å²) in [4.78, 5) is 40.2. The van der Waals surface area contributed by atoms with E-state index in [4.69, 9.17) is 9.47 Å². The summed E-state index contributed by atoms with van der Waals surface area (Å²) in [5, 5.41) is 1.17. The fraction of sp³-hybridized carbons (Fsp3) is 0.182. The summed E-state index contributed by atoms with van der Waals surface area (Å²) < 4.78 is 26.9. The van der Waals surface area contributed by atoms with Crippen LogP contribution in [0.3, 0.4) is 0 Å². The van der Waals surface area contributed by atoms with Crippen LogP contribution in [0.2, 0.25) is 0 Å². The molecule has 4 aromatic carbocycles. The fourth-order valence-electron chi connectivity index (χ4n) is 5.40. The third-order valence-corrected chi connectivity index (χ3v) is 11.0. The minimum Gasteiger partial charge on any atom is -0.497 e. The molecule has 0 saturated carbocycles. The number of nitrogens with zero attached hydrogens (tertiary/aromatic N) is 1. The molecule has 0 N–H and O–H groups in total. The second-order valence-corrected chi connectivity index (χ2v) is 12.8. The van der Waals surface area contributed by atoms with Crippen LogP contribution < -0.4 is 15.3 Å². The highest BCUT2D eigenvalue weighted by Gasteiger charge is 2.45. The highest BCUT2D eigenvalue weighted by Crippen LogP contribution is 2.55. The van der Waals surface area contributed by atoms with Gasteiger partial charge in [0.15, 0.2) is 0 Å². The number of fused-ring (bicyclic) bond motifs is 1. The van der Waals surface area contributed by atoms with Gasteiger partial charge in [0.2, 0.25) is 0 Å². The van der Waals surface area contributed by atoms with Gasteiger partial charge in [0.1, 0.15) is 19.0 Å². The summed E-state index contributed by atoms with van der Waals surface area (Å²) >= 11 is 0. The molecule has 0 saturated heterocycles. The van der Waals surface area contributed by atoms with Crippen molar-refractivity contribution in [2.24, 2.45) is 0 Å². The molecule has 0 unspecified atom stereocenters. The van der Waals surface area contributed by atoms with Crippen LogP contribution in [0.4, 0.5) is 0 Å². The Morgan fingerprint density at radius 2 is 1.24 bits per heavy atom. The third kappa shape index (κ3) is 5.46. The standard InChI is InChI=1S/C33H30NO6P/c1-23(35)40-31(24-17-19-25(39-2)20-18-24)30(21-22-34-32(36)28-15-9-10-16-29(28)33(34)37)41(38,26-11-5-3-6-12-26)27-13-7-4-8-14-27/h3-20,30-31H,21-22H2,1-2H3/t30-,31+/m1/s1. The number of hydrogen-bond donors (Lipinski definition) is 0. The van der Waals surface area contributed by atoms with Gasteiger partial charge in [-0.25, -0.2) is 0 Å². The second kappa shape index (κ2) is 11.9. The maximum Gasteiger partial charge on any atom is 0.303 e. The normalized spacial score (nSPS) is 14.3. The number of imide groups is 1. The molecule has 0 spiro atoms. The average molecular weight is 568 g/mol.